The highest BCUT2D eigenvalue weighted by atomic mass is 19.4. The highest BCUT2D eigenvalue weighted by molar-refractivity contribution is 5.99. The summed E-state index contributed by atoms with van der Waals surface area (Å²) in [6.07, 6.45) is -1.98. The van der Waals surface area contributed by atoms with E-state index in [1.54, 1.807) is 30.3 Å². The maximum Gasteiger partial charge on any atom is 0.416 e. The number of carboxylic acid groups (broad SMARTS) is 1. The van der Waals surface area contributed by atoms with Gasteiger partial charge in [0.25, 0.3) is 0 Å². The van der Waals surface area contributed by atoms with Gasteiger partial charge in [-0.15, -0.1) is 0 Å². The second kappa shape index (κ2) is 10.3. The summed E-state index contributed by atoms with van der Waals surface area (Å²) in [4.78, 5) is 41.9. The van der Waals surface area contributed by atoms with Crippen LogP contribution in [0, 0.1) is 6.92 Å². The highest BCUT2D eigenvalue weighted by Crippen LogP contribution is 2.33. The van der Waals surface area contributed by atoms with Gasteiger partial charge >= 0.3 is 18.2 Å². The number of carbonyl (C=O) groups excluding carboxylic acids is 2. The van der Waals surface area contributed by atoms with E-state index in [0.717, 1.165) is 11.6 Å². The van der Waals surface area contributed by atoms with E-state index in [2.05, 4.69) is 15.6 Å². The molecule has 2 aromatic carbocycles. The van der Waals surface area contributed by atoms with Gasteiger partial charge < -0.3 is 20.6 Å². The first-order valence-electron chi connectivity index (χ1n) is 11.4. The number of nitrogens with zero attached hydrogens (tertiary/aromatic N) is 2. The Kier molecular flexibility index (Phi) is 7.14. The zero-order valence-electron chi connectivity index (χ0n) is 19.7. The van der Waals surface area contributed by atoms with Gasteiger partial charge in [0.2, 0.25) is 5.91 Å². The lowest BCUT2D eigenvalue weighted by Gasteiger charge is -2.24. The van der Waals surface area contributed by atoms with Crippen LogP contribution < -0.4 is 10.6 Å². The fourth-order valence-corrected chi connectivity index (χ4v) is 4.20. The van der Waals surface area contributed by atoms with Crippen LogP contribution in [-0.4, -0.2) is 45.5 Å². The fraction of sp³-hybridized carbons (Fsp3) is 0.231. The summed E-state index contributed by atoms with van der Waals surface area (Å²) in [6, 6.07) is 12.0. The number of carbonyl (C=O) groups is 3. The molecular weight excluding hydrogens is 489 g/mol. The molecule has 2 heterocycles. The number of hydrogen-bond acceptors (Lipinski definition) is 4. The summed E-state index contributed by atoms with van der Waals surface area (Å²) in [5, 5.41) is 14.3. The van der Waals surface area contributed by atoms with E-state index in [4.69, 9.17) is 5.11 Å². The largest absolute Gasteiger partial charge is 0.477 e. The number of amides is 3. The molecule has 1 fully saturated rings. The van der Waals surface area contributed by atoms with Crippen molar-refractivity contribution < 1.29 is 32.7 Å². The standard InChI is InChI=1S/C26H23F3N4O4/c1-15-13-19(9-10-20(15)26(27,28)29)32-25(37)33-12-2-3-22(33)23(34)31-18-7-4-16(5-8-18)17-6-11-21(24(35)36)30-14-17/h4-11,13-14,22H,2-3,12H2,1H3,(H,31,34)(H,32,37)(H,35,36). The first-order chi connectivity index (χ1) is 17.5. The molecule has 8 nitrogen and oxygen atoms in total. The Morgan fingerprint density at radius 1 is 0.973 bits per heavy atom. The molecule has 4 rings (SSSR count). The van der Waals surface area contributed by atoms with Crippen LogP contribution in [0.2, 0.25) is 0 Å². The van der Waals surface area contributed by atoms with Crippen molar-refractivity contribution in [3.8, 4) is 11.1 Å². The van der Waals surface area contributed by atoms with Crippen molar-refractivity contribution in [2.45, 2.75) is 32.0 Å². The van der Waals surface area contributed by atoms with E-state index in [1.165, 1.54) is 36.2 Å². The molecule has 3 N–H and O–H groups in total. The summed E-state index contributed by atoms with van der Waals surface area (Å²) in [5.74, 6) is -1.50. The first kappa shape index (κ1) is 25.7. The highest BCUT2D eigenvalue weighted by Gasteiger charge is 2.35. The zero-order chi connectivity index (χ0) is 26.7. The first-order valence-corrected chi connectivity index (χ1v) is 11.4. The average Bonchev–Trinajstić information content (AvgIpc) is 3.34. The van der Waals surface area contributed by atoms with Crippen molar-refractivity contribution in [1.29, 1.82) is 0 Å². The number of nitrogens with one attached hydrogen (secondary N) is 2. The molecule has 1 unspecified atom stereocenters. The molecule has 0 saturated carbocycles. The number of likely N-dealkylation sites (tertiary alicyclic amines) is 1. The van der Waals surface area contributed by atoms with E-state index in [0.29, 0.717) is 30.6 Å². The van der Waals surface area contributed by atoms with Crippen molar-refractivity contribution in [2.75, 3.05) is 17.2 Å². The van der Waals surface area contributed by atoms with Crippen LogP contribution in [0.3, 0.4) is 0 Å². The van der Waals surface area contributed by atoms with Gasteiger partial charge in [-0.2, -0.15) is 13.2 Å². The summed E-state index contributed by atoms with van der Waals surface area (Å²) in [6.45, 7) is 1.65. The fourth-order valence-electron chi connectivity index (χ4n) is 4.20. The SMILES string of the molecule is Cc1cc(NC(=O)N2CCCC2C(=O)Nc2ccc(-c3ccc(C(=O)O)nc3)cc2)ccc1C(F)(F)F. The Hall–Kier alpha value is -4.41. The molecule has 1 aliphatic rings. The number of hydrogen-bond donors (Lipinski definition) is 3. The van der Waals surface area contributed by atoms with Crippen molar-refractivity contribution in [3.05, 3.63) is 77.6 Å². The van der Waals surface area contributed by atoms with Crippen molar-refractivity contribution >= 4 is 29.3 Å². The molecule has 1 saturated heterocycles. The lowest BCUT2D eigenvalue weighted by atomic mass is 10.1. The predicted octanol–water partition coefficient (Wildman–Crippen LogP) is 5.41. The van der Waals surface area contributed by atoms with Gasteiger partial charge in [0.05, 0.1) is 5.56 Å². The number of anilines is 2. The van der Waals surface area contributed by atoms with Crippen LogP contribution in [0.5, 0.6) is 0 Å². The minimum Gasteiger partial charge on any atom is -0.477 e. The van der Waals surface area contributed by atoms with Crippen molar-refractivity contribution in [3.63, 3.8) is 0 Å². The summed E-state index contributed by atoms with van der Waals surface area (Å²) < 4.78 is 39.0. The van der Waals surface area contributed by atoms with Crippen LogP contribution in [0.1, 0.15) is 34.5 Å². The number of halogens is 3. The number of alkyl halides is 3. The van der Waals surface area contributed by atoms with Gasteiger partial charge in [0, 0.05) is 29.7 Å². The third-order valence-corrected chi connectivity index (χ3v) is 6.07. The van der Waals surface area contributed by atoms with Gasteiger partial charge in [0.1, 0.15) is 11.7 Å². The number of benzene rings is 2. The molecule has 37 heavy (non-hydrogen) atoms. The molecule has 0 bridgehead atoms. The molecule has 3 aromatic rings. The molecule has 1 atom stereocenters. The van der Waals surface area contributed by atoms with E-state index < -0.39 is 29.8 Å². The van der Waals surface area contributed by atoms with Crippen LogP contribution in [0.25, 0.3) is 11.1 Å². The lowest BCUT2D eigenvalue weighted by Crippen LogP contribution is -2.45. The van der Waals surface area contributed by atoms with Gasteiger partial charge in [-0.25, -0.2) is 14.6 Å². The maximum atomic E-state index is 13.0. The molecule has 3 amide bonds. The van der Waals surface area contributed by atoms with Gasteiger partial charge in [0.15, 0.2) is 0 Å². The summed E-state index contributed by atoms with van der Waals surface area (Å²) >= 11 is 0. The average molecular weight is 512 g/mol. The summed E-state index contributed by atoms with van der Waals surface area (Å²) in [7, 11) is 0. The van der Waals surface area contributed by atoms with Crippen LogP contribution in [0.15, 0.2) is 60.8 Å². The monoisotopic (exact) mass is 512 g/mol. The van der Waals surface area contributed by atoms with E-state index in [-0.39, 0.29) is 22.9 Å². The molecular formula is C26H23F3N4O4. The Labute approximate surface area is 210 Å². The predicted molar refractivity (Wildman–Crippen MR) is 130 cm³/mol. The maximum absolute atomic E-state index is 13.0. The minimum absolute atomic E-state index is 0.0157. The Morgan fingerprint density at radius 2 is 1.65 bits per heavy atom. The van der Waals surface area contributed by atoms with Gasteiger partial charge in [-0.05, 0) is 67.3 Å². The molecule has 11 heteroatoms. The number of aromatic carboxylic acids is 1. The van der Waals surface area contributed by atoms with Crippen LogP contribution in [-0.2, 0) is 11.0 Å². The Balaban J connectivity index is 1.39. The number of carboxylic acids is 1. The van der Waals surface area contributed by atoms with Crippen LogP contribution >= 0.6 is 0 Å². The Bertz CT molecular complexity index is 1330. The van der Waals surface area contributed by atoms with E-state index in [1.807, 2.05) is 0 Å². The van der Waals surface area contributed by atoms with Crippen molar-refractivity contribution in [2.24, 2.45) is 0 Å². The second-order valence-electron chi connectivity index (χ2n) is 8.61. The zero-order valence-corrected chi connectivity index (χ0v) is 19.7. The quantitative estimate of drug-likeness (QED) is 0.423. The lowest BCUT2D eigenvalue weighted by molar-refractivity contribution is -0.138. The van der Waals surface area contributed by atoms with Crippen LogP contribution in [0.4, 0.5) is 29.3 Å². The third-order valence-electron chi connectivity index (χ3n) is 6.07. The molecule has 0 aliphatic carbocycles. The number of aryl methyl sites for hydroxylation is 1. The molecule has 0 radical (unpaired) electrons. The molecule has 1 aromatic heterocycles. The van der Waals surface area contributed by atoms with E-state index in [9.17, 15) is 27.6 Å². The minimum atomic E-state index is -4.48. The topological polar surface area (TPSA) is 112 Å². The Morgan fingerprint density at radius 3 is 2.24 bits per heavy atom. The van der Waals surface area contributed by atoms with Gasteiger partial charge in [-0.1, -0.05) is 18.2 Å². The van der Waals surface area contributed by atoms with Crippen molar-refractivity contribution in [1.82, 2.24) is 9.88 Å². The third kappa shape index (κ3) is 5.88. The van der Waals surface area contributed by atoms with E-state index >= 15 is 0 Å². The summed E-state index contributed by atoms with van der Waals surface area (Å²) in [5.41, 5.74) is 1.35. The number of aromatic nitrogens is 1. The number of pyridine rings is 1. The smallest absolute Gasteiger partial charge is 0.416 e. The number of rotatable bonds is 5. The second-order valence-corrected chi connectivity index (χ2v) is 8.61. The molecule has 1 aliphatic heterocycles. The molecule has 192 valence electrons. The van der Waals surface area contributed by atoms with Gasteiger partial charge in [-0.3, -0.25) is 4.79 Å². The number of urea groups is 1. The normalized spacial score (nSPS) is 15.4. The molecule has 0 spiro atoms.